The normalized spacial score (nSPS) is 21.0. The monoisotopic (exact) mass is 555 g/mol. The second kappa shape index (κ2) is 11.3. The molecule has 1 unspecified atom stereocenters. The minimum atomic E-state index is -0.000344. The number of benzene rings is 1. The smallest absolute Gasteiger partial charge is 0.193 e. The molecule has 3 heterocycles. The number of aromatic nitrogens is 2. The van der Waals surface area contributed by atoms with Crippen LogP contribution in [0.1, 0.15) is 30.1 Å². The second-order valence-corrected chi connectivity index (χ2v) is 8.27. The number of hydrogen-bond acceptors (Lipinski definition) is 5. The number of morpholine rings is 1. The van der Waals surface area contributed by atoms with Gasteiger partial charge in [-0.25, -0.2) is 0 Å². The Morgan fingerprint density at radius 2 is 2.00 bits per heavy atom. The van der Waals surface area contributed by atoms with Crippen LogP contribution in [0.4, 0.5) is 0 Å². The van der Waals surface area contributed by atoms with Crippen molar-refractivity contribution in [3.8, 4) is 5.75 Å². The first-order valence-corrected chi connectivity index (χ1v) is 10.9. The minimum Gasteiger partial charge on any atom is -0.497 e. The van der Waals surface area contributed by atoms with Gasteiger partial charge in [0, 0.05) is 57.6 Å². The molecule has 0 amide bonds. The minimum absolute atomic E-state index is 0. The summed E-state index contributed by atoms with van der Waals surface area (Å²) in [5, 5.41) is 7.95. The summed E-state index contributed by atoms with van der Waals surface area (Å²) in [7, 11) is 5.48. The number of nitrogens with one attached hydrogen (secondary N) is 1. The molecule has 0 saturated carbocycles. The Morgan fingerprint density at radius 3 is 2.62 bits per heavy atom. The molecular formula is C23H34IN5O3. The van der Waals surface area contributed by atoms with E-state index in [1.165, 1.54) is 5.56 Å². The van der Waals surface area contributed by atoms with E-state index in [4.69, 9.17) is 14.2 Å². The highest BCUT2D eigenvalue weighted by atomic mass is 127. The highest BCUT2D eigenvalue weighted by Crippen LogP contribution is 2.35. The van der Waals surface area contributed by atoms with E-state index in [1.807, 2.05) is 43.3 Å². The zero-order valence-electron chi connectivity index (χ0n) is 19.1. The van der Waals surface area contributed by atoms with Gasteiger partial charge in [0.05, 0.1) is 26.5 Å². The molecule has 0 bridgehead atoms. The lowest BCUT2D eigenvalue weighted by Gasteiger charge is -2.40. The second-order valence-electron chi connectivity index (χ2n) is 8.27. The first-order valence-electron chi connectivity index (χ1n) is 10.9. The first-order chi connectivity index (χ1) is 15.1. The molecule has 8 nitrogen and oxygen atoms in total. The number of aliphatic imine (C=N–C) groups is 1. The number of aryl methyl sites for hydroxylation is 1. The van der Waals surface area contributed by atoms with Crippen molar-refractivity contribution in [1.82, 2.24) is 20.0 Å². The summed E-state index contributed by atoms with van der Waals surface area (Å²) in [6.45, 7) is 4.58. The average molecular weight is 555 g/mol. The van der Waals surface area contributed by atoms with Gasteiger partial charge < -0.3 is 24.4 Å². The third kappa shape index (κ3) is 5.55. The number of nitrogens with zero attached hydrogens (tertiary/aromatic N) is 4. The maximum Gasteiger partial charge on any atom is 0.193 e. The Labute approximate surface area is 207 Å². The molecule has 2 saturated heterocycles. The van der Waals surface area contributed by atoms with Crippen molar-refractivity contribution in [3.63, 3.8) is 0 Å². The van der Waals surface area contributed by atoms with Crippen LogP contribution >= 0.6 is 24.0 Å². The Balaban J connectivity index is 0.00000289. The Hall–Kier alpha value is -1.85. The predicted molar refractivity (Wildman–Crippen MR) is 135 cm³/mol. The molecule has 4 rings (SSSR count). The van der Waals surface area contributed by atoms with Crippen molar-refractivity contribution < 1.29 is 14.2 Å². The average Bonchev–Trinajstić information content (AvgIpc) is 3.27. The Morgan fingerprint density at radius 1 is 1.25 bits per heavy atom. The van der Waals surface area contributed by atoms with E-state index in [1.54, 1.807) is 7.11 Å². The topological polar surface area (TPSA) is 73.1 Å². The number of guanidine groups is 1. The van der Waals surface area contributed by atoms with Crippen LogP contribution in [-0.4, -0.2) is 74.3 Å². The van der Waals surface area contributed by atoms with Gasteiger partial charge in [-0.15, -0.1) is 24.0 Å². The third-order valence-corrected chi connectivity index (χ3v) is 6.41. The SMILES string of the molecule is CN=C(NCC1(c2ccc(OC)cc2)CCOCC1)N1CCOC(c2cnn(C)c2)C1.I. The molecule has 2 aliphatic rings. The number of hydrogen-bond donors (Lipinski definition) is 1. The zero-order chi connectivity index (χ0) is 21.7. The molecule has 2 fully saturated rings. The molecule has 0 radical (unpaired) electrons. The molecule has 2 aromatic rings. The summed E-state index contributed by atoms with van der Waals surface area (Å²) in [4.78, 5) is 6.87. The van der Waals surface area contributed by atoms with E-state index in [0.29, 0.717) is 6.61 Å². The van der Waals surface area contributed by atoms with Gasteiger partial charge in [-0.1, -0.05) is 12.1 Å². The van der Waals surface area contributed by atoms with Crippen LogP contribution in [0.5, 0.6) is 5.75 Å². The van der Waals surface area contributed by atoms with Gasteiger partial charge in [0.25, 0.3) is 0 Å². The largest absolute Gasteiger partial charge is 0.497 e. The quantitative estimate of drug-likeness (QED) is 0.348. The number of rotatable bonds is 5. The van der Waals surface area contributed by atoms with Gasteiger partial charge >= 0.3 is 0 Å². The lowest BCUT2D eigenvalue weighted by Crippen LogP contribution is -2.52. The Bertz CT molecular complexity index is 880. The highest BCUT2D eigenvalue weighted by Gasteiger charge is 2.35. The number of ether oxygens (including phenoxy) is 3. The summed E-state index contributed by atoms with van der Waals surface area (Å²) in [6, 6.07) is 8.45. The predicted octanol–water partition coefficient (Wildman–Crippen LogP) is 2.74. The van der Waals surface area contributed by atoms with Crippen LogP contribution in [0.25, 0.3) is 0 Å². The highest BCUT2D eigenvalue weighted by molar-refractivity contribution is 14.0. The molecule has 32 heavy (non-hydrogen) atoms. The van der Waals surface area contributed by atoms with Gasteiger partial charge in [0.2, 0.25) is 0 Å². The van der Waals surface area contributed by atoms with E-state index >= 15 is 0 Å². The van der Waals surface area contributed by atoms with Crippen LogP contribution in [0.3, 0.4) is 0 Å². The van der Waals surface area contributed by atoms with Crippen LogP contribution in [0.2, 0.25) is 0 Å². The van der Waals surface area contributed by atoms with Crippen LogP contribution in [0.15, 0.2) is 41.7 Å². The molecular weight excluding hydrogens is 521 g/mol. The molecule has 1 atom stereocenters. The summed E-state index contributed by atoms with van der Waals surface area (Å²) >= 11 is 0. The number of methoxy groups -OCH3 is 1. The van der Waals surface area contributed by atoms with Crippen molar-refractivity contribution in [1.29, 1.82) is 0 Å². The first kappa shape index (κ1) is 24.8. The van der Waals surface area contributed by atoms with Crippen LogP contribution < -0.4 is 10.1 Å². The van der Waals surface area contributed by atoms with Crippen molar-refractivity contribution in [2.24, 2.45) is 12.0 Å². The standard InChI is InChI=1S/C23H33N5O3.HI/c1-24-22(28-10-13-31-21(16-28)18-14-26-27(2)15-18)25-17-23(8-11-30-12-9-23)19-4-6-20(29-3)7-5-19;/h4-7,14-15,21H,8-13,16-17H2,1-3H3,(H,24,25);1H. The summed E-state index contributed by atoms with van der Waals surface area (Å²) in [6.07, 6.45) is 5.85. The molecule has 0 aliphatic carbocycles. The molecule has 9 heteroatoms. The molecule has 1 aromatic carbocycles. The zero-order valence-corrected chi connectivity index (χ0v) is 21.5. The fourth-order valence-corrected chi connectivity index (χ4v) is 4.50. The van der Waals surface area contributed by atoms with Gasteiger partial charge in [-0.3, -0.25) is 9.67 Å². The van der Waals surface area contributed by atoms with Crippen LogP contribution in [-0.2, 0) is 21.9 Å². The summed E-state index contributed by atoms with van der Waals surface area (Å²) < 4.78 is 18.9. The van der Waals surface area contributed by atoms with E-state index in [2.05, 4.69) is 32.4 Å². The van der Waals surface area contributed by atoms with Gasteiger partial charge in [-0.05, 0) is 30.5 Å². The third-order valence-electron chi connectivity index (χ3n) is 6.41. The lowest BCUT2D eigenvalue weighted by molar-refractivity contribution is -0.00835. The van der Waals surface area contributed by atoms with Crippen molar-refractivity contribution >= 4 is 29.9 Å². The molecule has 2 aliphatic heterocycles. The van der Waals surface area contributed by atoms with E-state index < -0.39 is 0 Å². The maximum absolute atomic E-state index is 6.00. The number of halogens is 1. The summed E-state index contributed by atoms with van der Waals surface area (Å²) in [5.41, 5.74) is 2.42. The fourth-order valence-electron chi connectivity index (χ4n) is 4.50. The van der Waals surface area contributed by atoms with Gasteiger partial charge in [-0.2, -0.15) is 5.10 Å². The van der Waals surface area contributed by atoms with E-state index in [0.717, 1.165) is 63.0 Å². The van der Waals surface area contributed by atoms with Crippen molar-refractivity contribution in [2.75, 3.05) is 53.6 Å². The molecule has 176 valence electrons. The fraction of sp³-hybridized carbons (Fsp3) is 0.565. The summed E-state index contributed by atoms with van der Waals surface area (Å²) in [5.74, 6) is 1.79. The van der Waals surface area contributed by atoms with Gasteiger partial charge in [0.1, 0.15) is 11.9 Å². The van der Waals surface area contributed by atoms with Gasteiger partial charge in [0.15, 0.2) is 5.96 Å². The van der Waals surface area contributed by atoms with E-state index in [9.17, 15) is 0 Å². The van der Waals surface area contributed by atoms with E-state index in [-0.39, 0.29) is 35.5 Å². The maximum atomic E-state index is 6.00. The van der Waals surface area contributed by atoms with Crippen molar-refractivity contribution in [3.05, 3.63) is 47.8 Å². The Kier molecular flexibility index (Phi) is 8.78. The molecule has 0 spiro atoms. The molecule has 1 aromatic heterocycles. The lowest BCUT2D eigenvalue weighted by atomic mass is 9.74. The van der Waals surface area contributed by atoms with Crippen molar-refractivity contribution in [2.45, 2.75) is 24.4 Å². The molecule has 1 N–H and O–H groups in total. The van der Waals surface area contributed by atoms with Crippen LogP contribution in [0, 0.1) is 0 Å².